The molecule has 0 amide bonds. The van der Waals surface area contributed by atoms with Crippen molar-refractivity contribution in [2.24, 2.45) is 5.16 Å². The van der Waals surface area contributed by atoms with Crippen molar-refractivity contribution in [2.75, 3.05) is 6.26 Å². The van der Waals surface area contributed by atoms with Crippen molar-refractivity contribution in [1.29, 1.82) is 0 Å². The molecule has 0 aromatic rings. The van der Waals surface area contributed by atoms with Crippen LogP contribution < -0.4 is 0 Å². The molecule has 4 nitrogen and oxygen atoms in total. The normalized spacial score (nSPS) is 15.1. The molecule has 0 spiro atoms. The Labute approximate surface area is 55.0 Å². The maximum absolute atomic E-state index is 10.4. The number of rotatable bonds is 1. The summed E-state index contributed by atoms with van der Waals surface area (Å²) in [6, 6.07) is 0. The topological polar surface area (TPSA) is 66.7 Å². The lowest BCUT2D eigenvalue weighted by Crippen LogP contribution is -2.14. The Morgan fingerprint density at radius 2 is 2.11 bits per heavy atom. The zero-order chi connectivity index (χ0) is 7.44. The molecule has 0 aliphatic rings. The first kappa shape index (κ1) is 8.29. The molecule has 52 valence electrons. The molecule has 0 aliphatic carbocycles. The van der Waals surface area contributed by atoms with E-state index >= 15 is 0 Å². The number of oxime groups is 1. The molecule has 1 atom stereocenters. The minimum Gasteiger partial charge on any atom is -0.410 e. The average Bonchev–Trinajstić information content (AvgIpc) is 1.64. The van der Waals surface area contributed by atoms with Gasteiger partial charge in [-0.1, -0.05) is 5.16 Å². The number of ketones is 1. The molecule has 1 unspecified atom stereocenters. The van der Waals surface area contributed by atoms with Gasteiger partial charge in [-0.25, -0.2) is 0 Å². The fraction of sp³-hybridized carbons (Fsp3) is 0.500. The molecule has 0 radical (unpaired) electrons. The molecule has 0 bridgehead atoms. The Morgan fingerprint density at radius 1 is 1.67 bits per heavy atom. The molecule has 0 aromatic carbocycles. The van der Waals surface area contributed by atoms with Crippen LogP contribution >= 0.6 is 0 Å². The van der Waals surface area contributed by atoms with E-state index in [1.165, 1.54) is 13.2 Å². The van der Waals surface area contributed by atoms with Crippen molar-refractivity contribution >= 4 is 21.6 Å². The highest BCUT2D eigenvalue weighted by Gasteiger charge is 2.09. The first-order valence-corrected chi connectivity index (χ1v) is 3.71. The second-order valence-electron chi connectivity index (χ2n) is 1.42. The van der Waals surface area contributed by atoms with Crippen LogP contribution in [-0.2, 0) is 15.6 Å². The van der Waals surface area contributed by atoms with Crippen LogP contribution in [0.15, 0.2) is 5.16 Å². The lowest BCUT2D eigenvalue weighted by atomic mass is 10.5. The van der Waals surface area contributed by atoms with E-state index in [-0.39, 0.29) is 5.04 Å². The zero-order valence-electron chi connectivity index (χ0n) is 5.12. The van der Waals surface area contributed by atoms with Crippen LogP contribution in [0.4, 0.5) is 0 Å². The molecule has 5 heteroatoms. The van der Waals surface area contributed by atoms with Gasteiger partial charge in [0.2, 0.25) is 5.04 Å². The summed E-state index contributed by atoms with van der Waals surface area (Å²) in [4.78, 5) is 10.3. The first-order valence-electron chi connectivity index (χ1n) is 2.16. The lowest BCUT2D eigenvalue weighted by molar-refractivity contribution is -0.110. The molecule has 9 heavy (non-hydrogen) atoms. The Hall–Kier alpha value is -0.710. The summed E-state index contributed by atoms with van der Waals surface area (Å²) >= 11 is 0. The fourth-order valence-corrected chi connectivity index (χ4v) is 0.850. The smallest absolute Gasteiger partial charge is 0.208 e. The first-order chi connectivity index (χ1) is 4.09. The average molecular weight is 149 g/mol. The van der Waals surface area contributed by atoms with Gasteiger partial charge < -0.3 is 5.21 Å². The van der Waals surface area contributed by atoms with E-state index in [0.717, 1.165) is 0 Å². The minimum atomic E-state index is -1.48. The van der Waals surface area contributed by atoms with Crippen LogP contribution in [0.1, 0.15) is 6.92 Å². The third-order valence-corrected chi connectivity index (χ3v) is 1.58. The highest BCUT2D eigenvalue weighted by Crippen LogP contribution is 1.84. The van der Waals surface area contributed by atoms with Gasteiger partial charge in [-0.15, -0.1) is 0 Å². The van der Waals surface area contributed by atoms with Crippen molar-refractivity contribution in [3.8, 4) is 0 Å². The summed E-state index contributed by atoms with van der Waals surface area (Å²) < 4.78 is 10.4. The van der Waals surface area contributed by atoms with E-state index in [1.807, 2.05) is 0 Å². The SMILES string of the molecule is CC(=O)/C(=N/O)S(C)=O. The second kappa shape index (κ2) is 3.34. The summed E-state index contributed by atoms with van der Waals surface area (Å²) in [5.41, 5.74) is 0. The van der Waals surface area contributed by atoms with Crippen molar-refractivity contribution in [3.63, 3.8) is 0 Å². The number of hydrogen-bond donors (Lipinski definition) is 1. The van der Waals surface area contributed by atoms with Crippen molar-refractivity contribution in [2.45, 2.75) is 6.92 Å². The van der Waals surface area contributed by atoms with E-state index in [2.05, 4.69) is 5.16 Å². The summed E-state index contributed by atoms with van der Waals surface area (Å²) in [7, 11) is -1.48. The van der Waals surface area contributed by atoms with Gasteiger partial charge in [0.1, 0.15) is 0 Å². The lowest BCUT2D eigenvalue weighted by Gasteiger charge is -1.90. The second-order valence-corrected chi connectivity index (χ2v) is 2.71. The molecule has 1 N–H and O–H groups in total. The Morgan fingerprint density at radius 3 is 2.11 bits per heavy atom. The predicted octanol–water partition coefficient (Wildman–Crippen LogP) is -0.258. The van der Waals surface area contributed by atoms with Gasteiger partial charge in [0.15, 0.2) is 5.78 Å². The molecular formula is C4H7NO3S. The highest BCUT2D eigenvalue weighted by atomic mass is 32.2. The molecule has 0 rings (SSSR count). The van der Waals surface area contributed by atoms with Gasteiger partial charge >= 0.3 is 0 Å². The fourth-order valence-electron chi connectivity index (χ4n) is 0.330. The Kier molecular flexibility index (Phi) is 3.08. The monoisotopic (exact) mass is 149 g/mol. The molecule has 0 heterocycles. The van der Waals surface area contributed by atoms with E-state index in [1.54, 1.807) is 0 Å². The van der Waals surface area contributed by atoms with Gasteiger partial charge in [0.25, 0.3) is 0 Å². The Balaban J connectivity index is 4.38. The molecule has 0 aliphatic heterocycles. The highest BCUT2D eigenvalue weighted by molar-refractivity contribution is 8.02. The molecule has 0 fully saturated rings. The van der Waals surface area contributed by atoms with Crippen molar-refractivity contribution < 1.29 is 14.2 Å². The van der Waals surface area contributed by atoms with Crippen LogP contribution in [0.5, 0.6) is 0 Å². The van der Waals surface area contributed by atoms with E-state index < -0.39 is 16.6 Å². The van der Waals surface area contributed by atoms with E-state index in [0.29, 0.717) is 0 Å². The maximum atomic E-state index is 10.4. The van der Waals surface area contributed by atoms with Gasteiger partial charge in [-0.2, -0.15) is 0 Å². The van der Waals surface area contributed by atoms with Gasteiger partial charge in [-0.3, -0.25) is 9.00 Å². The third kappa shape index (κ3) is 2.36. The van der Waals surface area contributed by atoms with E-state index in [9.17, 15) is 9.00 Å². The van der Waals surface area contributed by atoms with Crippen LogP contribution in [0.2, 0.25) is 0 Å². The van der Waals surface area contributed by atoms with Crippen LogP contribution in [0, 0.1) is 0 Å². The van der Waals surface area contributed by atoms with Crippen LogP contribution in [0.25, 0.3) is 0 Å². The minimum absolute atomic E-state index is 0.296. The molecule has 0 saturated heterocycles. The van der Waals surface area contributed by atoms with Crippen molar-refractivity contribution in [1.82, 2.24) is 0 Å². The quantitative estimate of drug-likeness (QED) is 0.242. The summed E-state index contributed by atoms with van der Waals surface area (Å²) in [5.74, 6) is -0.474. The largest absolute Gasteiger partial charge is 0.410 e. The molecular weight excluding hydrogens is 142 g/mol. The van der Waals surface area contributed by atoms with E-state index in [4.69, 9.17) is 5.21 Å². The van der Waals surface area contributed by atoms with Gasteiger partial charge in [0, 0.05) is 13.2 Å². The number of carbonyl (C=O) groups excluding carboxylic acids is 1. The maximum Gasteiger partial charge on any atom is 0.208 e. The summed E-state index contributed by atoms with van der Waals surface area (Å²) in [5, 5.41) is 10.3. The van der Waals surface area contributed by atoms with Crippen LogP contribution in [-0.4, -0.2) is 26.5 Å². The van der Waals surface area contributed by atoms with Gasteiger partial charge in [-0.05, 0) is 0 Å². The molecule has 0 saturated carbocycles. The number of hydrogen-bond acceptors (Lipinski definition) is 4. The summed E-state index contributed by atoms with van der Waals surface area (Å²) in [6.45, 7) is 1.19. The predicted molar refractivity (Wildman–Crippen MR) is 34.0 cm³/mol. The van der Waals surface area contributed by atoms with Crippen LogP contribution in [0.3, 0.4) is 0 Å². The zero-order valence-corrected chi connectivity index (χ0v) is 5.94. The summed E-state index contributed by atoms with van der Waals surface area (Å²) in [6.07, 6.45) is 1.27. The van der Waals surface area contributed by atoms with Crippen molar-refractivity contribution in [3.05, 3.63) is 0 Å². The van der Waals surface area contributed by atoms with Gasteiger partial charge in [0.05, 0.1) is 10.8 Å². The third-order valence-electron chi connectivity index (χ3n) is 0.664. The Bertz CT molecular complexity index is 159. The number of Topliss-reactive ketones (excluding diaryl/α,β-unsaturated/α-hetero) is 1. The number of nitrogens with zero attached hydrogens (tertiary/aromatic N) is 1. The molecule has 0 aromatic heterocycles. The standard InChI is InChI=1S/C4H7NO3S/c1-3(6)4(5-7)9(2)8/h7H,1-2H3/b5-4-. The number of carbonyl (C=O) groups is 1.